The molecule has 0 atom stereocenters. The molecule has 1 amide bonds. The number of aromatic nitrogens is 1. The van der Waals surface area contributed by atoms with E-state index in [-0.39, 0.29) is 5.91 Å². The number of hydrogen-bond acceptors (Lipinski definition) is 3. The van der Waals surface area contributed by atoms with E-state index in [0.717, 1.165) is 16.5 Å². The SMILES string of the molecule is CC(C)=CCNC(=O)c1cc(N)c2ccccc2n1. The molecule has 0 unspecified atom stereocenters. The summed E-state index contributed by atoms with van der Waals surface area (Å²) in [4.78, 5) is 16.3. The Bertz CT molecular complexity index is 643. The third-order valence-corrected chi connectivity index (χ3v) is 2.75. The van der Waals surface area contributed by atoms with E-state index in [0.29, 0.717) is 17.9 Å². The minimum absolute atomic E-state index is 0.213. The molecule has 0 bridgehead atoms. The number of para-hydroxylation sites is 1. The quantitative estimate of drug-likeness (QED) is 0.828. The average Bonchev–Trinajstić information content (AvgIpc) is 2.38. The van der Waals surface area contributed by atoms with Crippen molar-refractivity contribution in [1.29, 1.82) is 0 Å². The second kappa shape index (κ2) is 5.52. The van der Waals surface area contributed by atoms with Gasteiger partial charge in [-0.3, -0.25) is 4.79 Å². The fourth-order valence-electron chi connectivity index (χ4n) is 1.76. The van der Waals surface area contributed by atoms with Crippen LogP contribution in [0, 0.1) is 0 Å². The molecule has 1 aromatic heterocycles. The summed E-state index contributed by atoms with van der Waals surface area (Å²) in [6, 6.07) is 9.12. The Morgan fingerprint density at radius 2 is 2.11 bits per heavy atom. The van der Waals surface area contributed by atoms with Crippen molar-refractivity contribution in [1.82, 2.24) is 10.3 Å². The first-order valence-electron chi connectivity index (χ1n) is 6.15. The van der Waals surface area contributed by atoms with Crippen LogP contribution in [-0.4, -0.2) is 17.4 Å². The number of hydrogen-bond donors (Lipinski definition) is 2. The first-order valence-corrected chi connectivity index (χ1v) is 6.15. The number of allylic oxidation sites excluding steroid dienone is 1. The maximum absolute atomic E-state index is 12.0. The number of nitrogens with two attached hydrogens (primary N) is 1. The lowest BCUT2D eigenvalue weighted by Gasteiger charge is -2.06. The van der Waals surface area contributed by atoms with Crippen LogP contribution in [0.2, 0.25) is 0 Å². The number of rotatable bonds is 3. The summed E-state index contributed by atoms with van der Waals surface area (Å²) >= 11 is 0. The topological polar surface area (TPSA) is 68.0 Å². The predicted molar refractivity (Wildman–Crippen MR) is 77.9 cm³/mol. The highest BCUT2D eigenvalue weighted by Gasteiger charge is 2.09. The summed E-state index contributed by atoms with van der Waals surface area (Å²) in [7, 11) is 0. The molecular formula is C15H17N3O. The Labute approximate surface area is 112 Å². The molecule has 0 aliphatic heterocycles. The van der Waals surface area contributed by atoms with Crippen molar-refractivity contribution >= 4 is 22.5 Å². The molecule has 98 valence electrons. The monoisotopic (exact) mass is 255 g/mol. The fraction of sp³-hybridized carbons (Fsp3) is 0.200. The summed E-state index contributed by atoms with van der Waals surface area (Å²) in [6.07, 6.45) is 1.95. The number of fused-ring (bicyclic) bond motifs is 1. The zero-order chi connectivity index (χ0) is 13.8. The lowest BCUT2D eigenvalue weighted by molar-refractivity contribution is 0.0953. The van der Waals surface area contributed by atoms with Gasteiger partial charge in [-0.2, -0.15) is 0 Å². The van der Waals surface area contributed by atoms with Crippen LogP contribution < -0.4 is 11.1 Å². The van der Waals surface area contributed by atoms with Crippen LogP contribution in [-0.2, 0) is 0 Å². The van der Waals surface area contributed by atoms with Crippen LogP contribution in [0.5, 0.6) is 0 Å². The first kappa shape index (κ1) is 13.1. The normalized spacial score (nSPS) is 10.2. The van der Waals surface area contributed by atoms with Gasteiger partial charge >= 0.3 is 0 Å². The van der Waals surface area contributed by atoms with Crippen LogP contribution >= 0.6 is 0 Å². The molecule has 0 saturated carbocycles. The lowest BCUT2D eigenvalue weighted by Crippen LogP contribution is -2.24. The molecule has 2 rings (SSSR count). The van der Waals surface area contributed by atoms with Gasteiger partial charge in [0.2, 0.25) is 0 Å². The second-order valence-corrected chi connectivity index (χ2v) is 4.61. The molecule has 0 spiro atoms. The number of nitrogen functional groups attached to an aromatic ring is 1. The van der Waals surface area contributed by atoms with E-state index >= 15 is 0 Å². The Morgan fingerprint density at radius 1 is 1.37 bits per heavy atom. The van der Waals surface area contributed by atoms with Gasteiger partial charge < -0.3 is 11.1 Å². The summed E-state index contributed by atoms with van der Waals surface area (Å²) in [5.74, 6) is -0.213. The molecule has 3 N–H and O–H groups in total. The lowest BCUT2D eigenvalue weighted by atomic mass is 10.1. The van der Waals surface area contributed by atoms with Gasteiger partial charge in [0.05, 0.1) is 5.52 Å². The molecule has 0 saturated heterocycles. The minimum atomic E-state index is -0.213. The van der Waals surface area contributed by atoms with Crippen LogP contribution in [0.25, 0.3) is 10.9 Å². The van der Waals surface area contributed by atoms with Gasteiger partial charge in [-0.1, -0.05) is 29.8 Å². The van der Waals surface area contributed by atoms with Crippen molar-refractivity contribution < 1.29 is 4.79 Å². The highest BCUT2D eigenvalue weighted by atomic mass is 16.1. The molecule has 19 heavy (non-hydrogen) atoms. The highest BCUT2D eigenvalue weighted by Crippen LogP contribution is 2.19. The number of carbonyl (C=O) groups is 1. The van der Waals surface area contributed by atoms with Crippen LogP contribution in [0.3, 0.4) is 0 Å². The molecule has 0 radical (unpaired) electrons. The van der Waals surface area contributed by atoms with Crippen molar-refractivity contribution in [3.05, 3.63) is 47.7 Å². The standard InChI is InChI=1S/C15H17N3O/c1-10(2)7-8-17-15(19)14-9-12(16)11-5-3-4-6-13(11)18-14/h3-7,9H,8H2,1-2H3,(H2,16,18)(H,17,19). The summed E-state index contributed by atoms with van der Waals surface area (Å²) in [5, 5.41) is 3.65. The van der Waals surface area contributed by atoms with Crippen molar-refractivity contribution in [3.63, 3.8) is 0 Å². The van der Waals surface area contributed by atoms with Gasteiger partial charge in [0, 0.05) is 17.6 Å². The smallest absolute Gasteiger partial charge is 0.270 e. The van der Waals surface area contributed by atoms with E-state index in [1.54, 1.807) is 6.07 Å². The second-order valence-electron chi connectivity index (χ2n) is 4.61. The molecule has 4 nitrogen and oxygen atoms in total. The van der Waals surface area contributed by atoms with Crippen molar-refractivity contribution in [2.24, 2.45) is 0 Å². The number of pyridine rings is 1. The maximum Gasteiger partial charge on any atom is 0.270 e. The zero-order valence-corrected chi connectivity index (χ0v) is 11.1. The predicted octanol–water partition coefficient (Wildman–Crippen LogP) is 2.51. The molecule has 0 fully saturated rings. The number of nitrogens with zero attached hydrogens (tertiary/aromatic N) is 1. The van der Waals surface area contributed by atoms with Crippen molar-refractivity contribution in [3.8, 4) is 0 Å². The van der Waals surface area contributed by atoms with E-state index in [2.05, 4.69) is 10.3 Å². The van der Waals surface area contributed by atoms with Crippen molar-refractivity contribution in [2.75, 3.05) is 12.3 Å². The molecule has 0 aliphatic carbocycles. The van der Waals surface area contributed by atoms with Gasteiger partial charge in [-0.15, -0.1) is 0 Å². The van der Waals surface area contributed by atoms with E-state index in [4.69, 9.17) is 5.73 Å². The fourth-order valence-corrected chi connectivity index (χ4v) is 1.76. The molecule has 1 heterocycles. The number of amides is 1. The van der Waals surface area contributed by atoms with Crippen molar-refractivity contribution in [2.45, 2.75) is 13.8 Å². The maximum atomic E-state index is 12.0. The Hall–Kier alpha value is -2.36. The number of carbonyl (C=O) groups excluding carboxylic acids is 1. The molecule has 4 heteroatoms. The molecule has 0 aliphatic rings. The molecule has 1 aromatic carbocycles. The van der Waals surface area contributed by atoms with E-state index in [1.165, 1.54) is 0 Å². The van der Waals surface area contributed by atoms with Gasteiger partial charge in [-0.25, -0.2) is 4.98 Å². The third kappa shape index (κ3) is 3.10. The van der Waals surface area contributed by atoms with Crippen LogP contribution in [0.4, 0.5) is 5.69 Å². The van der Waals surface area contributed by atoms with Gasteiger partial charge in [0.1, 0.15) is 5.69 Å². The van der Waals surface area contributed by atoms with Gasteiger partial charge in [-0.05, 0) is 26.0 Å². The zero-order valence-electron chi connectivity index (χ0n) is 11.1. The summed E-state index contributed by atoms with van der Waals surface area (Å²) < 4.78 is 0. The number of anilines is 1. The first-order chi connectivity index (χ1) is 9.08. The van der Waals surface area contributed by atoms with E-state index < -0.39 is 0 Å². The minimum Gasteiger partial charge on any atom is -0.398 e. The Morgan fingerprint density at radius 3 is 2.84 bits per heavy atom. The largest absolute Gasteiger partial charge is 0.398 e. The summed E-state index contributed by atoms with van der Waals surface area (Å²) in [6.45, 7) is 4.46. The number of nitrogens with one attached hydrogen (secondary N) is 1. The molecule has 2 aromatic rings. The molecular weight excluding hydrogens is 238 g/mol. The summed E-state index contributed by atoms with van der Waals surface area (Å²) in [5.41, 5.74) is 8.74. The van der Waals surface area contributed by atoms with Gasteiger partial charge in [0.25, 0.3) is 5.91 Å². The number of benzene rings is 1. The average molecular weight is 255 g/mol. The van der Waals surface area contributed by atoms with E-state index in [9.17, 15) is 4.79 Å². The van der Waals surface area contributed by atoms with Crippen LogP contribution in [0.1, 0.15) is 24.3 Å². The van der Waals surface area contributed by atoms with Gasteiger partial charge in [0.15, 0.2) is 0 Å². The van der Waals surface area contributed by atoms with Crippen LogP contribution in [0.15, 0.2) is 42.0 Å². The Kier molecular flexibility index (Phi) is 3.80. The third-order valence-electron chi connectivity index (χ3n) is 2.75. The highest BCUT2D eigenvalue weighted by molar-refractivity contribution is 5.99. The Balaban J connectivity index is 2.25. The van der Waals surface area contributed by atoms with E-state index in [1.807, 2.05) is 44.2 Å².